The van der Waals surface area contributed by atoms with Gasteiger partial charge in [-0.25, -0.2) is 4.79 Å². The van der Waals surface area contributed by atoms with Crippen molar-refractivity contribution in [2.24, 2.45) is 0 Å². The van der Waals surface area contributed by atoms with Crippen LogP contribution >= 0.6 is 0 Å². The van der Waals surface area contributed by atoms with E-state index in [0.717, 1.165) is 6.42 Å². The molecule has 0 saturated carbocycles. The van der Waals surface area contributed by atoms with Gasteiger partial charge in [0, 0.05) is 6.54 Å². The van der Waals surface area contributed by atoms with E-state index in [2.05, 4.69) is 37.0 Å². The predicted octanol–water partition coefficient (Wildman–Crippen LogP) is 0.152. The zero-order valence-corrected chi connectivity index (χ0v) is 9.46. The van der Waals surface area contributed by atoms with Gasteiger partial charge in [0.15, 0.2) is 0 Å². The lowest BCUT2D eigenvalue weighted by Gasteiger charge is -2.09. The molecule has 0 aromatic heterocycles. The standard InChI is InChI=1S/C11H16BNO2/c1-8-4-3-5-9(10(8)12)6-7-13-11(14)15-2/h3-5H,6-7,12H2,1-2H3,(H,13,14). The number of carbonyl (C=O) groups is 1. The average Bonchev–Trinajstić information content (AvgIpc) is 2.24. The Hall–Kier alpha value is -1.45. The number of ether oxygens (including phenoxy) is 1. The molecule has 3 nitrogen and oxygen atoms in total. The lowest BCUT2D eigenvalue weighted by molar-refractivity contribution is 0.171. The number of aryl methyl sites for hydroxylation is 1. The van der Waals surface area contributed by atoms with Gasteiger partial charge in [-0.1, -0.05) is 34.8 Å². The molecule has 0 atom stereocenters. The molecule has 1 aromatic rings. The summed E-state index contributed by atoms with van der Waals surface area (Å²) in [6.45, 7) is 2.70. The fourth-order valence-corrected chi connectivity index (χ4v) is 1.45. The van der Waals surface area contributed by atoms with Crippen LogP contribution in [0.4, 0.5) is 4.79 Å². The molecule has 1 amide bonds. The molecule has 0 radical (unpaired) electrons. The second-order valence-corrected chi connectivity index (χ2v) is 3.53. The van der Waals surface area contributed by atoms with Gasteiger partial charge in [-0.3, -0.25) is 0 Å². The largest absolute Gasteiger partial charge is 0.453 e. The lowest BCUT2D eigenvalue weighted by atomic mass is 9.85. The zero-order chi connectivity index (χ0) is 11.3. The first-order valence-electron chi connectivity index (χ1n) is 5.02. The van der Waals surface area contributed by atoms with Crippen LogP contribution in [0.1, 0.15) is 11.1 Å². The number of carbonyl (C=O) groups excluding carboxylic acids is 1. The number of hydrogen-bond donors (Lipinski definition) is 1. The van der Waals surface area contributed by atoms with E-state index in [1.54, 1.807) is 0 Å². The summed E-state index contributed by atoms with van der Waals surface area (Å²) >= 11 is 0. The van der Waals surface area contributed by atoms with E-state index in [0.29, 0.717) is 6.54 Å². The van der Waals surface area contributed by atoms with Crippen LogP contribution in [0, 0.1) is 6.92 Å². The van der Waals surface area contributed by atoms with Crippen LogP contribution in [0.2, 0.25) is 0 Å². The van der Waals surface area contributed by atoms with Gasteiger partial charge >= 0.3 is 6.09 Å². The smallest absolute Gasteiger partial charge is 0.406 e. The summed E-state index contributed by atoms with van der Waals surface area (Å²) in [7, 11) is 3.47. The number of benzene rings is 1. The minimum absolute atomic E-state index is 0.375. The minimum atomic E-state index is -0.375. The molecule has 0 aliphatic rings. The maximum absolute atomic E-state index is 10.8. The highest BCUT2D eigenvalue weighted by molar-refractivity contribution is 6.34. The van der Waals surface area contributed by atoms with E-state index >= 15 is 0 Å². The highest BCUT2D eigenvalue weighted by atomic mass is 16.5. The van der Waals surface area contributed by atoms with Crippen molar-refractivity contribution in [3.8, 4) is 0 Å². The molecular weight excluding hydrogens is 189 g/mol. The summed E-state index contributed by atoms with van der Waals surface area (Å²) in [5.41, 5.74) is 3.85. The predicted molar refractivity (Wildman–Crippen MR) is 63.5 cm³/mol. The van der Waals surface area contributed by atoms with Crippen LogP contribution < -0.4 is 10.8 Å². The third-order valence-electron chi connectivity index (χ3n) is 2.57. The van der Waals surface area contributed by atoms with Crippen molar-refractivity contribution in [3.63, 3.8) is 0 Å². The summed E-state index contributed by atoms with van der Waals surface area (Å²) in [5.74, 6) is 0. The number of amides is 1. The van der Waals surface area contributed by atoms with Crippen molar-refractivity contribution < 1.29 is 9.53 Å². The Morgan fingerprint density at radius 1 is 1.53 bits per heavy atom. The van der Waals surface area contributed by atoms with Gasteiger partial charge in [-0.15, -0.1) is 0 Å². The number of alkyl carbamates (subject to hydrolysis) is 1. The SMILES string of the molecule is Bc1c(C)cccc1CCNC(=O)OC. The molecule has 1 aromatic carbocycles. The van der Waals surface area contributed by atoms with Gasteiger partial charge in [0.2, 0.25) is 0 Å². The monoisotopic (exact) mass is 205 g/mol. The van der Waals surface area contributed by atoms with E-state index in [1.165, 1.54) is 23.7 Å². The Balaban J connectivity index is 2.51. The molecule has 4 heteroatoms. The Bertz CT molecular complexity index is 352. The summed E-state index contributed by atoms with van der Waals surface area (Å²) in [4.78, 5) is 10.8. The molecule has 0 heterocycles. The third kappa shape index (κ3) is 3.31. The van der Waals surface area contributed by atoms with E-state index < -0.39 is 0 Å². The summed E-state index contributed by atoms with van der Waals surface area (Å²) in [6, 6.07) is 6.21. The van der Waals surface area contributed by atoms with Gasteiger partial charge in [0.25, 0.3) is 0 Å². The maximum Gasteiger partial charge on any atom is 0.406 e. The Morgan fingerprint density at radius 3 is 2.93 bits per heavy atom. The van der Waals surface area contributed by atoms with Crippen molar-refractivity contribution in [1.29, 1.82) is 0 Å². The van der Waals surface area contributed by atoms with Crippen LogP contribution in [0.25, 0.3) is 0 Å². The van der Waals surface area contributed by atoms with Crippen LogP contribution in [-0.2, 0) is 11.2 Å². The van der Waals surface area contributed by atoms with Crippen LogP contribution in [-0.4, -0.2) is 27.6 Å². The van der Waals surface area contributed by atoms with Crippen LogP contribution in [0.3, 0.4) is 0 Å². The molecule has 0 spiro atoms. The van der Waals surface area contributed by atoms with Crippen molar-refractivity contribution in [1.82, 2.24) is 5.32 Å². The first-order chi connectivity index (χ1) is 7.15. The minimum Gasteiger partial charge on any atom is -0.453 e. The Labute approximate surface area is 91.2 Å². The molecule has 1 rings (SSSR count). The average molecular weight is 205 g/mol. The number of methoxy groups -OCH3 is 1. The van der Waals surface area contributed by atoms with Gasteiger partial charge in [-0.2, -0.15) is 0 Å². The van der Waals surface area contributed by atoms with E-state index in [9.17, 15) is 4.79 Å². The van der Waals surface area contributed by atoms with Gasteiger partial charge in [0.05, 0.1) is 7.11 Å². The summed E-state index contributed by atoms with van der Waals surface area (Å²) < 4.78 is 4.49. The molecule has 0 aliphatic carbocycles. The summed E-state index contributed by atoms with van der Waals surface area (Å²) in [5, 5.41) is 2.67. The van der Waals surface area contributed by atoms with Crippen LogP contribution in [0.15, 0.2) is 18.2 Å². The van der Waals surface area contributed by atoms with Crippen molar-refractivity contribution in [2.75, 3.05) is 13.7 Å². The van der Waals surface area contributed by atoms with Gasteiger partial charge in [0.1, 0.15) is 7.85 Å². The molecule has 0 aliphatic heterocycles. The van der Waals surface area contributed by atoms with Crippen molar-refractivity contribution in [2.45, 2.75) is 13.3 Å². The van der Waals surface area contributed by atoms with E-state index in [1.807, 2.05) is 6.07 Å². The maximum atomic E-state index is 10.8. The van der Waals surface area contributed by atoms with Crippen molar-refractivity contribution in [3.05, 3.63) is 29.3 Å². The third-order valence-corrected chi connectivity index (χ3v) is 2.57. The quantitative estimate of drug-likeness (QED) is 0.713. The molecule has 0 fully saturated rings. The molecule has 15 heavy (non-hydrogen) atoms. The van der Waals surface area contributed by atoms with Gasteiger partial charge in [-0.05, 0) is 13.3 Å². The highest BCUT2D eigenvalue weighted by Crippen LogP contribution is 2.00. The number of nitrogens with one attached hydrogen (secondary N) is 1. The first kappa shape index (κ1) is 11.6. The fourth-order valence-electron chi connectivity index (χ4n) is 1.45. The molecule has 1 N–H and O–H groups in total. The topological polar surface area (TPSA) is 38.3 Å². The Morgan fingerprint density at radius 2 is 2.27 bits per heavy atom. The molecule has 0 unspecified atom stereocenters. The second-order valence-electron chi connectivity index (χ2n) is 3.53. The molecule has 0 saturated heterocycles. The van der Waals surface area contributed by atoms with Crippen molar-refractivity contribution >= 4 is 19.4 Å². The second kappa shape index (κ2) is 5.44. The highest BCUT2D eigenvalue weighted by Gasteiger charge is 2.01. The first-order valence-corrected chi connectivity index (χ1v) is 5.02. The number of rotatable bonds is 3. The fraction of sp³-hybridized carbons (Fsp3) is 0.364. The normalized spacial score (nSPS) is 9.73. The number of hydrogen-bond acceptors (Lipinski definition) is 2. The van der Waals surface area contributed by atoms with Gasteiger partial charge < -0.3 is 10.1 Å². The molecule has 80 valence electrons. The molecular formula is C11H16BNO2. The Kier molecular flexibility index (Phi) is 4.22. The van der Waals surface area contributed by atoms with E-state index in [-0.39, 0.29) is 6.09 Å². The van der Waals surface area contributed by atoms with E-state index in [4.69, 9.17) is 0 Å². The molecule has 0 bridgehead atoms. The van der Waals surface area contributed by atoms with Crippen LogP contribution in [0.5, 0.6) is 0 Å². The summed E-state index contributed by atoms with van der Waals surface area (Å²) in [6.07, 6.45) is 0.461. The zero-order valence-electron chi connectivity index (χ0n) is 9.46. The lowest BCUT2D eigenvalue weighted by Crippen LogP contribution is -2.27.